The smallest absolute Gasteiger partial charge is 0.407 e. The molecule has 2 aromatic carbocycles. The Bertz CT molecular complexity index is 1060. The molecule has 0 saturated heterocycles. The first-order chi connectivity index (χ1) is 16.0. The molecule has 1 saturated carbocycles. The van der Waals surface area contributed by atoms with E-state index in [-0.39, 0.29) is 31.3 Å². The van der Waals surface area contributed by atoms with E-state index >= 15 is 0 Å². The van der Waals surface area contributed by atoms with Crippen LogP contribution in [0.1, 0.15) is 42.7 Å². The molecule has 0 spiro atoms. The number of amides is 2. The third kappa shape index (κ3) is 5.17. The summed E-state index contributed by atoms with van der Waals surface area (Å²) in [6.07, 6.45) is 6.26. The minimum absolute atomic E-state index is 0.0246. The molecule has 2 amide bonds. The predicted molar refractivity (Wildman–Crippen MR) is 122 cm³/mol. The van der Waals surface area contributed by atoms with E-state index in [1.54, 1.807) is 0 Å². The number of hydrogen-bond donors (Lipinski definition) is 3. The number of ether oxygens (including phenoxy) is 1. The van der Waals surface area contributed by atoms with Crippen LogP contribution in [0.3, 0.4) is 0 Å². The molecule has 0 radical (unpaired) electrons. The van der Waals surface area contributed by atoms with Crippen LogP contribution in [0.15, 0.2) is 48.5 Å². The van der Waals surface area contributed by atoms with Gasteiger partial charge in [-0.2, -0.15) is 0 Å². The van der Waals surface area contributed by atoms with Crippen molar-refractivity contribution in [3.8, 4) is 23.5 Å². The van der Waals surface area contributed by atoms with Crippen LogP contribution in [0.5, 0.6) is 0 Å². The second kappa shape index (κ2) is 9.78. The van der Waals surface area contributed by atoms with Gasteiger partial charge in [0, 0.05) is 24.8 Å². The Morgan fingerprint density at radius 1 is 1.03 bits per heavy atom. The first-order valence-corrected chi connectivity index (χ1v) is 11.0. The van der Waals surface area contributed by atoms with Crippen molar-refractivity contribution >= 4 is 18.0 Å². The lowest BCUT2D eigenvalue weighted by Crippen LogP contribution is -2.45. The lowest BCUT2D eigenvalue weighted by Gasteiger charge is -2.20. The molecule has 2 aliphatic rings. The van der Waals surface area contributed by atoms with Crippen molar-refractivity contribution in [2.24, 2.45) is 5.92 Å². The van der Waals surface area contributed by atoms with Crippen molar-refractivity contribution in [3.63, 3.8) is 0 Å². The number of aliphatic carboxylic acids is 1. The highest BCUT2D eigenvalue weighted by atomic mass is 16.5. The van der Waals surface area contributed by atoms with Crippen LogP contribution in [-0.2, 0) is 14.3 Å². The number of alkyl carbamates (subject to hydrolysis) is 1. The average molecular weight is 447 g/mol. The molecule has 4 rings (SSSR count). The van der Waals surface area contributed by atoms with Crippen LogP contribution in [0.2, 0.25) is 0 Å². The maximum absolute atomic E-state index is 12.6. The van der Waals surface area contributed by atoms with Gasteiger partial charge < -0.3 is 20.5 Å². The lowest BCUT2D eigenvalue weighted by atomic mass is 9.98. The first kappa shape index (κ1) is 22.4. The predicted octanol–water partition coefficient (Wildman–Crippen LogP) is 3.29. The molecule has 2 aliphatic carbocycles. The molecular weight excluding hydrogens is 420 g/mol. The molecule has 0 bridgehead atoms. The van der Waals surface area contributed by atoms with Crippen molar-refractivity contribution < 1.29 is 24.2 Å². The summed E-state index contributed by atoms with van der Waals surface area (Å²) in [6, 6.07) is 14.6. The van der Waals surface area contributed by atoms with Gasteiger partial charge in [-0.05, 0) is 41.0 Å². The van der Waals surface area contributed by atoms with E-state index in [1.165, 1.54) is 0 Å². The molecule has 0 aromatic heterocycles. The zero-order valence-corrected chi connectivity index (χ0v) is 18.1. The highest BCUT2D eigenvalue weighted by molar-refractivity contribution is 5.84. The maximum atomic E-state index is 12.6. The minimum atomic E-state index is -1.19. The topological polar surface area (TPSA) is 105 Å². The number of benzene rings is 2. The number of nitrogens with one attached hydrogen (secondary N) is 2. The highest BCUT2D eigenvalue weighted by Gasteiger charge is 2.35. The molecular formula is C26H26N2O5. The quantitative estimate of drug-likeness (QED) is 0.513. The lowest BCUT2D eigenvalue weighted by molar-refractivity contribution is -0.141. The van der Waals surface area contributed by atoms with E-state index in [2.05, 4.69) is 28.7 Å². The van der Waals surface area contributed by atoms with Gasteiger partial charge in [0.15, 0.2) is 0 Å². The van der Waals surface area contributed by atoms with Crippen LogP contribution < -0.4 is 10.6 Å². The molecule has 3 N–H and O–H groups in total. The number of carboxylic acids is 1. The van der Waals surface area contributed by atoms with Crippen LogP contribution in [0, 0.1) is 18.3 Å². The van der Waals surface area contributed by atoms with Gasteiger partial charge in [-0.15, -0.1) is 12.3 Å². The van der Waals surface area contributed by atoms with Gasteiger partial charge >= 0.3 is 12.1 Å². The summed E-state index contributed by atoms with van der Waals surface area (Å²) in [5.41, 5.74) is 4.54. The highest BCUT2D eigenvalue weighted by Crippen LogP contribution is 2.44. The number of hydrogen-bond acceptors (Lipinski definition) is 4. The summed E-state index contributed by atoms with van der Waals surface area (Å²) in [4.78, 5) is 36.2. The first-order valence-electron chi connectivity index (χ1n) is 11.0. The normalized spacial score (nSPS) is 16.0. The maximum Gasteiger partial charge on any atom is 0.407 e. The standard InChI is InChI=1S/C26H26N2O5/c1-2-7-22(25(30)31)27-24(29)14-23(16-12-13-16)28-26(32)33-15-21-19-10-5-3-8-17(19)18-9-4-6-11-20(18)21/h1,3-6,8-11,16,21-23H,7,12-15H2,(H,27,29)(H,28,32)(H,30,31). The van der Waals surface area contributed by atoms with Crippen molar-refractivity contribution in [1.82, 2.24) is 10.6 Å². The molecule has 7 heteroatoms. The number of terminal acetylenes is 1. The molecule has 7 nitrogen and oxygen atoms in total. The van der Waals surface area contributed by atoms with Crippen molar-refractivity contribution in [1.29, 1.82) is 0 Å². The summed E-state index contributed by atoms with van der Waals surface area (Å²) in [7, 11) is 0. The number of carboxylic acid groups (broad SMARTS) is 1. The number of fused-ring (bicyclic) bond motifs is 3. The Morgan fingerprint density at radius 3 is 2.18 bits per heavy atom. The Labute approximate surface area is 192 Å². The van der Waals surface area contributed by atoms with E-state index in [4.69, 9.17) is 16.3 Å². The number of carbonyl (C=O) groups is 3. The monoisotopic (exact) mass is 446 g/mol. The molecule has 33 heavy (non-hydrogen) atoms. The number of carbonyl (C=O) groups excluding carboxylic acids is 2. The van der Waals surface area contributed by atoms with Crippen LogP contribution >= 0.6 is 0 Å². The summed E-state index contributed by atoms with van der Waals surface area (Å²) >= 11 is 0. The van der Waals surface area contributed by atoms with Crippen molar-refractivity contribution in [3.05, 3.63) is 59.7 Å². The molecule has 0 heterocycles. The largest absolute Gasteiger partial charge is 0.480 e. The van der Waals surface area contributed by atoms with Gasteiger partial charge in [-0.25, -0.2) is 9.59 Å². The fourth-order valence-electron chi connectivity index (χ4n) is 4.40. The molecule has 170 valence electrons. The Hall–Kier alpha value is -3.79. The van der Waals surface area contributed by atoms with Gasteiger partial charge in [0.2, 0.25) is 5.91 Å². The van der Waals surface area contributed by atoms with Gasteiger partial charge in [-0.3, -0.25) is 4.79 Å². The third-order valence-corrected chi connectivity index (χ3v) is 6.20. The van der Waals surface area contributed by atoms with E-state index in [0.717, 1.165) is 35.1 Å². The molecule has 1 fully saturated rings. The van der Waals surface area contributed by atoms with Crippen LogP contribution in [-0.4, -0.2) is 41.8 Å². The number of rotatable bonds is 9. The summed E-state index contributed by atoms with van der Waals surface area (Å²) in [5.74, 6) is 0.720. The third-order valence-electron chi connectivity index (χ3n) is 6.20. The summed E-state index contributed by atoms with van der Waals surface area (Å²) in [5, 5.41) is 14.4. The van der Waals surface area contributed by atoms with Gasteiger partial charge in [0.1, 0.15) is 12.6 Å². The van der Waals surface area contributed by atoms with E-state index < -0.39 is 30.1 Å². The van der Waals surface area contributed by atoms with Crippen LogP contribution in [0.4, 0.5) is 4.79 Å². The van der Waals surface area contributed by atoms with Gasteiger partial charge in [-0.1, -0.05) is 48.5 Å². The van der Waals surface area contributed by atoms with Crippen LogP contribution in [0.25, 0.3) is 11.1 Å². The van der Waals surface area contributed by atoms with E-state index in [1.807, 2.05) is 36.4 Å². The fourth-order valence-corrected chi connectivity index (χ4v) is 4.40. The van der Waals surface area contributed by atoms with Gasteiger partial charge in [0.05, 0.1) is 0 Å². The Kier molecular flexibility index (Phi) is 6.64. The van der Waals surface area contributed by atoms with E-state index in [0.29, 0.717) is 0 Å². The Balaban J connectivity index is 1.35. The molecule has 0 aliphatic heterocycles. The van der Waals surface area contributed by atoms with Gasteiger partial charge in [0.25, 0.3) is 0 Å². The summed E-state index contributed by atoms with van der Waals surface area (Å²) in [6.45, 7) is 0.187. The molecule has 2 unspecified atom stereocenters. The van der Waals surface area contributed by atoms with E-state index in [9.17, 15) is 14.4 Å². The zero-order chi connectivity index (χ0) is 23.4. The second-order valence-electron chi connectivity index (χ2n) is 8.48. The second-order valence-corrected chi connectivity index (χ2v) is 8.48. The Morgan fingerprint density at radius 2 is 1.64 bits per heavy atom. The average Bonchev–Trinajstić information content (AvgIpc) is 3.60. The zero-order valence-electron chi connectivity index (χ0n) is 18.1. The minimum Gasteiger partial charge on any atom is -0.480 e. The fraction of sp³-hybridized carbons (Fsp3) is 0.346. The summed E-state index contributed by atoms with van der Waals surface area (Å²) < 4.78 is 5.59. The van der Waals surface area contributed by atoms with Crippen molar-refractivity contribution in [2.75, 3.05) is 6.61 Å². The molecule has 2 atom stereocenters. The molecule has 2 aromatic rings. The van der Waals surface area contributed by atoms with Crippen molar-refractivity contribution in [2.45, 2.75) is 43.7 Å². The SMILES string of the molecule is C#CCC(NC(=O)CC(NC(=O)OCC1c2ccccc2-c2ccccc21)C1CC1)C(=O)O.